The minimum absolute atomic E-state index is 0.00582. The molecule has 2 amide bonds. The number of nitrogens with one attached hydrogen (secondary N) is 1. The number of carbonyl (C=O) groups is 2. The number of nitrogens with zero attached hydrogens (tertiary/aromatic N) is 6. The molecule has 39 heavy (non-hydrogen) atoms. The zero-order valence-corrected chi connectivity index (χ0v) is 23.0. The molecule has 10 heteroatoms. The molecule has 1 aromatic heterocycles. The van der Waals surface area contributed by atoms with Crippen LogP contribution in [0.15, 0.2) is 30.7 Å². The first-order valence-corrected chi connectivity index (χ1v) is 14.3. The number of halogens is 1. The maximum atomic E-state index is 14.4. The molecule has 1 aromatic carbocycles. The van der Waals surface area contributed by atoms with Gasteiger partial charge in [-0.05, 0) is 70.6 Å². The largest absolute Gasteiger partial charge is 0.348 e. The zero-order valence-electron chi connectivity index (χ0n) is 23.0. The summed E-state index contributed by atoms with van der Waals surface area (Å²) in [7, 11) is 0. The second-order valence-electron chi connectivity index (χ2n) is 11.6. The Balaban J connectivity index is 1.25. The molecule has 2 bridgehead atoms. The summed E-state index contributed by atoms with van der Waals surface area (Å²) in [5.41, 5.74) is 1.78. The molecule has 1 N–H and O–H groups in total. The van der Waals surface area contributed by atoms with Crippen molar-refractivity contribution in [2.45, 2.75) is 70.6 Å². The van der Waals surface area contributed by atoms with Gasteiger partial charge in [0.25, 0.3) is 5.91 Å². The average Bonchev–Trinajstić information content (AvgIpc) is 3.70. The van der Waals surface area contributed by atoms with E-state index in [9.17, 15) is 14.0 Å². The Hall–Kier alpha value is -3.27. The summed E-state index contributed by atoms with van der Waals surface area (Å²) in [6, 6.07) is 5.05. The second kappa shape index (κ2) is 10.4. The van der Waals surface area contributed by atoms with Gasteiger partial charge in [-0.25, -0.2) is 14.4 Å². The molecule has 3 fully saturated rings. The van der Waals surface area contributed by atoms with Crippen molar-refractivity contribution in [2.75, 3.05) is 42.5 Å². The number of likely N-dealkylation sites (tertiary alicyclic amines) is 1. The first-order chi connectivity index (χ1) is 18.9. The van der Waals surface area contributed by atoms with Gasteiger partial charge < -0.3 is 24.9 Å². The monoisotopic (exact) mass is 535 g/mol. The molecule has 3 aliphatic heterocycles. The van der Waals surface area contributed by atoms with E-state index < -0.39 is 5.82 Å². The van der Waals surface area contributed by atoms with Crippen molar-refractivity contribution in [1.82, 2.24) is 25.1 Å². The van der Waals surface area contributed by atoms with Gasteiger partial charge in [-0.2, -0.15) is 0 Å². The summed E-state index contributed by atoms with van der Waals surface area (Å²) in [5, 5.41) is 3.55. The summed E-state index contributed by atoms with van der Waals surface area (Å²) in [4.78, 5) is 43.9. The van der Waals surface area contributed by atoms with E-state index in [0.29, 0.717) is 49.4 Å². The molecule has 0 radical (unpaired) electrons. The first kappa shape index (κ1) is 26.0. The number of rotatable bonds is 6. The number of fused-ring (bicyclic) bond motifs is 3. The van der Waals surface area contributed by atoms with Crippen LogP contribution < -0.4 is 15.1 Å². The Bertz CT molecular complexity index is 1260. The van der Waals surface area contributed by atoms with Gasteiger partial charge in [-0.3, -0.25) is 9.59 Å². The van der Waals surface area contributed by atoms with Gasteiger partial charge in [-0.15, -0.1) is 0 Å². The lowest BCUT2D eigenvalue weighted by Gasteiger charge is -2.41. The standard InChI is InChI=1S/C29H38FN7O2/c1-4-35(18(2)3)28(38)23-14-20(30)6-8-24(23)37-12-11-36(27-25(37)15-31-17-32-27)22-9-10-34(16-22)29(39)26-19-5-7-21(13-19)33-26/h6,8,14-15,17-19,21-22,26,33H,4-5,7,9-13,16H2,1-3H3/t19-,21+,22?,26-/m0/s1. The number of benzene rings is 1. The Morgan fingerprint density at radius 1 is 1.15 bits per heavy atom. The summed E-state index contributed by atoms with van der Waals surface area (Å²) < 4.78 is 14.4. The third-order valence-corrected chi connectivity index (χ3v) is 9.05. The molecule has 2 aromatic rings. The van der Waals surface area contributed by atoms with Gasteiger partial charge in [0.1, 0.15) is 17.8 Å². The third kappa shape index (κ3) is 4.62. The lowest BCUT2D eigenvalue weighted by molar-refractivity contribution is -0.133. The Morgan fingerprint density at radius 3 is 2.72 bits per heavy atom. The van der Waals surface area contributed by atoms with Crippen molar-refractivity contribution in [1.29, 1.82) is 0 Å². The molecule has 4 aliphatic rings. The van der Waals surface area contributed by atoms with Crippen molar-refractivity contribution < 1.29 is 14.0 Å². The maximum Gasteiger partial charge on any atom is 0.256 e. The molecule has 4 heterocycles. The van der Waals surface area contributed by atoms with E-state index >= 15 is 0 Å². The Kier molecular flexibility index (Phi) is 6.91. The highest BCUT2D eigenvalue weighted by Crippen LogP contribution is 2.40. The fourth-order valence-corrected chi connectivity index (χ4v) is 7.11. The number of amides is 2. The second-order valence-corrected chi connectivity index (χ2v) is 11.6. The number of aromatic nitrogens is 2. The van der Waals surface area contributed by atoms with Gasteiger partial charge in [0.15, 0.2) is 5.82 Å². The number of hydrogen-bond acceptors (Lipinski definition) is 7. The molecular formula is C29H38FN7O2. The molecule has 4 atom stereocenters. The van der Waals surface area contributed by atoms with Crippen LogP contribution >= 0.6 is 0 Å². The highest BCUT2D eigenvalue weighted by molar-refractivity contribution is 6.01. The Morgan fingerprint density at radius 2 is 2.00 bits per heavy atom. The number of piperidine rings is 1. The fourth-order valence-electron chi connectivity index (χ4n) is 7.11. The van der Waals surface area contributed by atoms with Crippen molar-refractivity contribution >= 4 is 29.0 Å². The zero-order chi connectivity index (χ0) is 27.3. The topological polar surface area (TPSA) is 84.9 Å². The van der Waals surface area contributed by atoms with Crippen LogP contribution in [0.2, 0.25) is 0 Å². The SMILES string of the molecule is CCN(C(=O)c1cc(F)ccc1N1CCN(C2CCN(C(=O)[C@H]3N[C@@H]4CC[C@H]3C4)C2)c2ncncc21)C(C)C. The predicted octanol–water partition coefficient (Wildman–Crippen LogP) is 3.19. The van der Waals surface area contributed by atoms with E-state index in [2.05, 4.69) is 20.2 Å². The van der Waals surface area contributed by atoms with Gasteiger partial charge in [-0.1, -0.05) is 0 Å². The summed E-state index contributed by atoms with van der Waals surface area (Å²) in [6.45, 7) is 9.09. The molecular weight excluding hydrogens is 497 g/mol. The molecule has 1 unspecified atom stereocenters. The van der Waals surface area contributed by atoms with Crippen molar-refractivity contribution in [2.24, 2.45) is 5.92 Å². The van der Waals surface area contributed by atoms with Gasteiger partial charge in [0.05, 0.1) is 23.5 Å². The van der Waals surface area contributed by atoms with Crippen molar-refractivity contribution in [3.8, 4) is 0 Å². The normalized spacial score (nSPS) is 25.9. The smallest absolute Gasteiger partial charge is 0.256 e. The fraction of sp³-hybridized carbons (Fsp3) is 0.586. The van der Waals surface area contributed by atoms with Crippen LogP contribution in [-0.2, 0) is 4.79 Å². The van der Waals surface area contributed by atoms with E-state index in [4.69, 9.17) is 0 Å². The summed E-state index contributed by atoms with van der Waals surface area (Å²) in [6.07, 6.45) is 7.66. The molecule has 9 nitrogen and oxygen atoms in total. The number of anilines is 3. The minimum atomic E-state index is -0.439. The van der Waals surface area contributed by atoms with Crippen LogP contribution in [0, 0.1) is 11.7 Å². The molecule has 1 aliphatic carbocycles. The highest BCUT2D eigenvalue weighted by Gasteiger charge is 2.46. The molecule has 0 spiro atoms. The molecule has 208 valence electrons. The van der Waals surface area contributed by atoms with E-state index in [1.807, 2.05) is 30.6 Å². The average molecular weight is 536 g/mol. The van der Waals surface area contributed by atoms with Crippen molar-refractivity contribution in [3.05, 3.63) is 42.1 Å². The Labute approximate surface area is 229 Å². The van der Waals surface area contributed by atoms with Crippen LogP contribution in [0.25, 0.3) is 0 Å². The number of hydrogen-bond donors (Lipinski definition) is 1. The van der Waals surface area contributed by atoms with E-state index in [1.54, 1.807) is 23.5 Å². The lowest BCUT2D eigenvalue weighted by atomic mass is 9.99. The van der Waals surface area contributed by atoms with Crippen LogP contribution in [0.5, 0.6) is 0 Å². The first-order valence-electron chi connectivity index (χ1n) is 14.3. The molecule has 1 saturated carbocycles. The van der Waals surface area contributed by atoms with Crippen LogP contribution in [0.1, 0.15) is 56.8 Å². The third-order valence-electron chi connectivity index (χ3n) is 9.05. The minimum Gasteiger partial charge on any atom is -0.348 e. The van der Waals surface area contributed by atoms with Crippen LogP contribution in [-0.4, -0.2) is 88.5 Å². The predicted molar refractivity (Wildman–Crippen MR) is 148 cm³/mol. The molecule has 2 saturated heterocycles. The van der Waals surface area contributed by atoms with Crippen LogP contribution in [0.4, 0.5) is 21.6 Å². The summed E-state index contributed by atoms with van der Waals surface area (Å²) in [5.74, 6) is 0.872. The van der Waals surface area contributed by atoms with E-state index in [1.165, 1.54) is 18.6 Å². The van der Waals surface area contributed by atoms with Crippen LogP contribution in [0.3, 0.4) is 0 Å². The van der Waals surface area contributed by atoms with Crippen molar-refractivity contribution in [3.63, 3.8) is 0 Å². The van der Waals surface area contributed by atoms with Gasteiger partial charge >= 0.3 is 0 Å². The van der Waals surface area contributed by atoms with Gasteiger partial charge in [0, 0.05) is 50.8 Å². The lowest BCUT2D eigenvalue weighted by Crippen LogP contribution is -2.50. The van der Waals surface area contributed by atoms with E-state index in [-0.39, 0.29) is 29.9 Å². The highest BCUT2D eigenvalue weighted by atomic mass is 19.1. The van der Waals surface area contributed by atoms with Gasteiger partial charge in [0.2, 0.25) is 5.91 Å². The quantitative estimate of drug-likeness (QED) is 0.608. The number of carbonyl (C=O) groups excluding carboxylic acids is 2. The summed E-state index contributed by atoms with van der Waals surface area (Å²) >= 11 is 0. The van der Waals surface area contributed by atoms with E-state index in [0.717, 1.165) is 37.3 Å². The molecule has 6 rings (SSSR count). The maximum absolute atomic E-state index is 14.4.